The summed E-state index contributed by atoms with van der Waals surface area (Å²) in [6.07, 6.45) is 0.758. The molecule has 2 amide bonds. The maximum Gasteiger partial charge on any atom is 0.263 e. The predicted molar refractivity (Wildman–Crippen MR) is 77.2 cm³/mol. The molecule has 1 rings (SSSR count). The summed E-state index contributed by atoms with van der Waals surface area (Å²) >= 11 is 1.23. The molecule has 0 spiro atoms. The van der Waals surface area contributed by atoms with E-state index in [0.29, 0.717) is 22.9 Å². The lowest BCUT2D eigenvalue weighted by Crippen LogP contribution is -2.34. The molecule has 0 bridgehead atoms. The van der Waals surface area contributed by atoms with Crippen molar-refractivity contribution in [3.05, 3.63) is 21.9 Å². The number of carbonyl (C=O) groups is 2. The van der Waals surface area contributed by atoms with Gasteiger partial charge in [0.15, 0.2) is 0 Å². The highest BCUT2D eigenvalue weighted by atomic mass is 32.1. The van der Waals surface area contributed by atoms with Crippen LogP contribution in [0.4, 0.5) is 0 Å². The van der Waals surface area contributed by atoms with E-state index in [4.69, 9.17) is 11.5 Å². The molecule has 0 radical (unpaired) electrons. The zero-order valence-corrected chi connectivity index (χ0v) is 12.4. The SMILES string of the molecule is CC(C)C(N)CCN(C)C(=O)c1cc(C(N)=O)cs1. The van der Waals surface area contributed by atoms with E-state index >= 15 is 0 Å². The minimum atomic E-state index is -0.514. The Morgan fingerprint density at radius 1 is 1.42 bits per heavy atom. The zero-order chi connectivity index (χ0) is 14.6. The van der Waals surface area contributed by atoms with Gasteiger partial charge in [-0.2, -0.15) is 0 Å². The second-order valence-electron chi connectivity index (χ2n) is 4.99. The Balaban J connectivity index is 2.58. The van der Waals surface area contributed by atoms with E-state index in [2.05, 4.69) is 13.8 Å². The Morgan fingerprint density at radius 2 is 2.05 bits per heavy atom. The van der Waals surface area contributed by atoms with Gasteiger partial charge in [-0.05, 0) is 18.4 Å². The molecule has 6 heteroatoms. The van der Waals surface area contributed by atoms with Crippen LogP contribution in [0.1, 0.15) is 40.3 Å². The first-order valence-corrected chi connectivity index (χ1v) is 7.10. The van der Waals surface area contributed by atoms with Crippen LogP contribution >= 0.6 is 11.3 Å². The van der Waals surface area contributed by atoms with Crippen molar-refractivity contribution in [1.29, 1.82) is 0 Å². The van der Waals surface area contributed by atoms with Gasteiger partial charge in [0.1, 0.15) is 0 Å². The lowest BCUT2D eigenvalue weighted by molar-refractivity contribution is 0.0794. The van der Waals surface area contributed by atoms with Crippen molar-refractivity contribution in [2.45, 2.75) is 26.3 Å². The average molecular weight is 283 g/mol. The molecule has 0 aromatic carbocycles. The number of amides is 2. The average Bonchev–Trinajstić information content (AvgIpc) is 2.83. The van der Waals surface area contributed by atoms with E-state index in [1.165, 1.54) is 17.4 Å². The van der Waals surface area contributed by atoms with Gasteiger partial charge in [0.25, 0.3) is 5.91 Å². The minimum Gasteiger partial charge on any atom is -0.366 e. The fraction of sp³-hybridized carbons (Fsp3) is 0.538. The first kappa shape index (κ1) is 15.7. The van der Waals surface area contributed by atoms with Crippen molar-refractivity contribution in [3.8, 4) is 0 Å². The zero-order valence-electron chi connectivity index (χ0n) is 11.6. The summed E-state index contributed by atoms with van der Waals surface area (Å²) in [5.74, 6) is -0.222. The Morgan fingerprint density at radius 3 is 2.53 bits per heavy atom. The van der Waals surface area contributed by atoms with Gasteiger partial charge in [-0.25, -0.2) is 0 Å². The van der Waals surface area contributed by atoms with Crippen LogP contribution in [0.25, 0.3) is 0 Å². The molecule has 19 heavy (non-hydrogen) atoms. The molecule has 0 fully saturated rings. The molecule has 106 valence electrons. The van der Waals surface area contributed by atoms with Gasteiger partial charge in [0.2, 0.25) is 5.91 Å². The molecule has 1 unspecified atom stereocenters. The fourth-order valence-corrected chi connectivity index (χ4v) is 2.43. The van der Waals surface area contributed by atoms with Crippen LogP contribution in [0.5, 0.6) is 0 Å². The van der Waals surface area contributed by atoms with Crippen LogP contribution in [-0.4, -0.2) is 36.3 Å². The van der Waals surface area contributed by atoms with E-state index in [1.807, 2.05) is 0 Å². The third-order valence-electron chi connectivity index (χ3n) is 3.10. The van der Waals surface area contributed by atoms with Crippen molar-refractivity contribution < 1.29 is 9.59 Å². The third kappa shape index (κ3) is 4.33. The number of hydrogen-bond donors (Lipinski definition) is 2. The van der Waals surface area contributed by atoms with Crippen LogP contribution in [0, 0.1) is 5.92 Å². The van der Waals surface area contributed by atoms with E-state index in [0.717, 1.165) is 6.42 Å². The summed E-state index contributed by atoms with van der Waals surface area (Å²) in [5.41, 5.74) is 11.5. The molecule has 5 nitrogen and oxygen atoms in total. The molecule has 1 heterocycles. The lowest BCUT2D eigenvalue weighted by atomic mass is 10.0. The number of carbonyl (C=O) groups excluding carboxylic acids is 2. The van der Waals surface area contributed by atoms with E-state index in [-0.39, 0.29) is 11.9 Å². The van der Waals surface area contributed by atoms with Crippen molar-refractivity contribution >= 4 is 23.2 Å². The van der Waals surface area contributed by atoms with Crippen molar-refractivity contribution in [3.63, 3.8) is 0 Å². The highest BCUT2D eigenvalue weighted by molar-refractivity contribution is 7.12. The van der Waals surface area contributed by atoms with Crippen molar-refractivity contribution in [1.82, 2.24) is 4.90 Å². The lowest BCUT2D eigenvalue weighted by Gasteiger charge is -2.21. The topological polar surface area (TPSA) is 89.4 Å². The predicted octanol–water partition coefficient (Wildman–Crippen LogP) is 1.29. The van der Waals surface area contributed by atoms with Crippen LogP contribution in [0.3, 0.4) is 0 Å². The van der Waals surface area contributed by atoms with Crippen molar-refractivity contribution in [2.24, 2.45) is 17.4 Å². The number of rotatable bonds is 6. The van der Waals surface area contributed by atoms with Gasteiger partial charge in [0, 0.05) is 25.0 Å². The number of hydrogen-bond acceptors (Lipinski definition) is 4. The highest BCUT2D eigenvalue weighted by Gasteiger charge is 2.17. The molecule has 1 atom stereocenters. The van der Waals surface area contributed by atoms with Crippen molar-refractivity contribution in [2.75, 3.05) is 13.6 Å². The summed E-state index contributed by atoms with van der Waals surface area (Å²) in [7, 11) is 1.74. The molecule has 1 aromatic rings. The summed E-state index contributed by atoms with van der Waals surface area (Å²) in [4.78, 5) is 25.2. The second kappa shape index (κ2) is 6.68. The monoisotopic (exact) mass is 283 g/mol. The van der Waals surface area contributed by atoms with E-state index < -0.39 is 5.91 Å². The minimum absolute atomic E-state index is 0.0831. The van der Waals surface area contributed by atoms with Gasteiger partial charge in [-0.1, -0.05) is 13.8 Å². The molecule has 0 aliphatic carbocycles. The quantitative estimate of drug-likeness (QED) is 0.824. The largest absolute Gasteiger partial charge is 0.366 e. The summed E-state index contributed by atoms with van der Waals surface area (Å²) in [6, 6.07) is 1.62. The Hall–Kier alpha value is -1.40. The first-order valence-electron chi connectivity index (χ1n) is 6.22. The van der Waals surface area contributed by atoms with Gasteiger partial charge in [0.05, 0.1) is 10.4 Å². The Bertz CT molecular complexity index is 456. The molecule has 1 aromatic heterocycles. The molecule has 0 saturated heterocycles. The van der Waals surface area contributed by atoms with Crippen LogP contribution < -0.4 is 11.5 Å². The molecule has 4 N–H and O–H groups in total. The number of nitrogens with two attached hydrogens (primary N) is 2. The second-order valence-corrected chi connectivity index (χ2v) is 5.90. The standard InChI is InChI=1S/C13H21N3O2S/c1-8(2)10(14)4-5-16(3)13(18)11-6-9(7-19-11)12(15)17/h6-8,10H,4-5,14H2,1-3H3,(H2,15,17). The summed E-state index contributed by atoms with van der Waals surface area (Å²) in [5, 5.41) is 1.60. The first-order chi connectivity index (χ1) is 8.82. The normalized spacial score (nSPS) is 12.5. The molecular formula is C13H21N3O2S. The maximum atomic E-state index is 12.1. The van der Waals surface area contributed by atoms with Crippen LogP contribution in [0.15, 0.2) is 11.4 Å². The van der Waals surface area contributed by atoms with Gasteiger partial charge >= 0.3 is 0 Å². The van der Waals surface area contributed by atoms with E-state index in [1.54, 1.807) is 17.3 Å². The third-order valence-corrected chi connectivity index (χ3v) is 4.01. The molecule has 0 aliphatic heterocycles. The maximum absolute atomic E-state index is 12.1. The number of thiophene rings is 1. The Kier molecular flexibility index (Phi) is 5.50. The van der Waals surface area contributed by atoms with Crippen LogP contribution in [-0.2, 0) is 0 Å². The summed E-state index contributed by atoms with van der Waals surface area (Å²) < 4.78 is 0. The smallest absolute Gasteiger partial charge is 0.263 e. The van der Waals surface area contributed by atoms with Crippen LogP contribution in [0.2, 0.25) is 0 Å². The molecule has 0 aliphatic rings. The molecule has 0 saturated carbocycles. The Labute approximate surface area is 117 Å². The summed E-state index contributed by atoms with van der Waals surface area (Å²) in [6.45, 7) is 4.72. The number of primary amides is 1. The van der Waals surface area contributed by atoms with Gasteiger partial charge in [-0.15, -0.1) is 11.3 Å². The van der Waals surface area contributed by atoms with Gasteiger partial charge in [-0.3, -0.25) is 9.59 Å². The van der Waals surface area contributed by atoms with Gasteiger partial charge < -0.3 is 16.4 Å². The number of nitrogens with zero attached hydrogens (tertiary/aromatic N) is 1. The fourth-order valence-electron chi connectivity index (χ4n) is 1.54. The highest BCUT2D eigenvalue weighted by Crippen LogP contribution is 2.16. The molecular weight excluding hydrogens is 262 g/mol. The van der Waals surface area contributed by atoms with E-state index in [9.17, 15) is 9.59 Å².